The third-order valence-electron chi connectivity index (χ3n) is 5.48. The van der Waals surface area contributed by atoms with Gasteiger partial charge in [0.15, 0.2) is 0 Å². The predicted molar refractivity (Wildman–Crippen MR) is 104 cm³/mol. The number of aryl methyl sites for hydroxylation is 1. The Balaban J connectivity index is 1.67. The topological polar surface area (TPSA) is 21.1 Å². The molecule has 2 heterocycles. The maximum Gasteiger partial charge on any atom is 0.124 e. The molecular weight excluding hydrogens is 325 g/mol. The SMILES string of the molecule is Cc1ccc2nc(CN3CCC(C)CC3)n(Cc3ccc(F)cc3)c2c1. The number of likely N-dealkylation sites (tertiary alicyclic amines) is 1. The van der Waals surface area contributed by atoms with Crippen LogP contribution in [0.5, 0.6) is 0 Å². The molecule has 0 aliphatic carbocycles. The van der Waals surface area contributed by atoms with Crippen LogP contribution in [0.25, 0.3) is 11.0 Å². The Bertz CT molecular complexity index is 890. The fraction of sp³-hybridized carbons (Fsp3) is 0.409. The number of benzene rings is 2. The Morgan fingerprint density at radius 1 is 1.04 bits per heavy atom. The molecular formula is C22H26FN3. The summed E-state index contributed by atoms with van der Waals surface area (Å²) in [4.78, 5) is 7.44. The molecule has 1 aliphatic heterocycles. The first-order valence-corrected chi connectivity index (χ1v) is 9.51. The van der Waals surface area contributed by atoms with E-state index in [1.807, 2.05) is 12.1 Å². The zero-order chi connectivity index (χ0) is 18.1. The van der Waals surface area contributed by atoms with Crippen molar-refractivity contribution in [3.05, 3.63) is 65.2 Å². The van der Waals surface area contributed by atoms with Gasteiger partial charge in [0.2, 0.25) is 0 Å². The van der Waals surface area contributed by atoms with Crippen molar-refractivity contribution < 1.29 is 4.39 Å². The van der Waals surface area contributed by atoms with E-state index in [-0.39, 0.29) is 5.82 Å². The summed E-state index contributed by atoms with van der Waals surface area (Å²) in [5, 5.41) is 0. The summed E-state index contributed by atoms with van der Waals surface area (Å²) >= 11 is 0. The molecule has 4 rings (SSSR count). The number of hydrogen-bond donors (Lipinski definition) is 0. The zero-order valence-electron chi connectivity index (χ0n) is 15.6. The van der Waals surface area contributed by atoms with Crippen molar-refractivity contribution >= 4 is 11.0 Å². The van der Waals surface area contributed by atoms with Crippen molar-refractivity contribution in [1.29, 1.82) is 0 Å². The van der Waals surface area contributed by atoms with Crippen LogP contribution in [0.15, 0.2) is 42.5 Å². The molecule has 0 unspecified atom stereocenters. The fourth-order valence-corrected chi connectivity index (χ4v) is 3.77. The van der Waals surface area contributed by atoms with E-state index in [0.29, 0.717) is 0 Å². The molecule has 1 aliphatic rings. The van der Waals surface area contributed by atoms with Gasteiger partial charge in [0.25, 0.3) is 0 Å². The third-order valence-corrected chi connectivity index (χ3v) is 5.48. The molecule has 1 saturated heterocycles. The number of rotatable bonds is 4. The molecule has 4 heteroatoms. The van der Waals surface area contributed by atoms with Gasteiger partial charge >= 0.3 is 0 Å². The van der Waals surface area contributed by atoms with Crippen molar-refractivity contribution in [2.24, 2.45) is 5.92 Å². The monoisotopic (exact) mass is 351 g/mol. The molecule has 0 atom stereocenters. The van der Waals surface area contributed by atoms with Gasteiger partial charge in [0, 0.05) is 6.54 Å². The van der Waals surface area contributed by atoms with Gasteiger partial charge in [-0.3, -0.25) is 4.90 Å². The summed E-state index contributed by atoms with van der Waals surface area (Å²) < 4.78 is 15.6. The van der Waals surface area contributed by atoms with E-state index in [9.17, 15) is 4.39 Å². The van der Waals surface area contributed by atoms with Crippen LogP contribution in [-0.4, -0.2) is 27.5 Å². The number of hydrogen-bond acceptors (Lipinski definition) is 2. The predicted octanol–water partition coefficient (Wildman–Crippen LogP) is 4.76. The van der Waals surface area contributed by atoms with Crippen LogP contribution in [0.1, 0.15) is 36.7 Å². The number of piperidine rings is 1. The molecule has 3 aromatic rings. The maximum atomic E-state index is 13.3. The fourth-order valence-electron chi connectivity index (χ4n) is 3.77. The summed E-state index contributed by atoms with van der Waals surface area (Å²) in [6.07, 6.45) is 2.52. The minimum Gasteiger partial charge on any atom is -0.322 e. The minimum atomic E-state index is -0.192. The molecule has 1 aromatic heterocycles. The van der Waals surface area contributed by atoms with Crippen LogP contribution in [0.4, 0.5) is 4.39 Å². The van der Waals surface area contributed by atoms with Crippen molar-refractivity contribution in [3.63, 3.8) is 0 Å². The van der Waals surface area contributed by atoms with Crippen LogP contribution in [0.2, 0.25) is 0 Å². The van der Waals surface area contributed by atoms with Crippen LogP contribution < -0.4 is 0 Å². The van der Waals surface area contributed by atoms with E-state index in [0.717, 1.165) is 54.5 Å². The van der Waals surface area contributed by atoms with Gasteiger partial charge in [0.05, 0.1) is 17.6 Å². The first-order valence-electron chi connectivity index (χ1n) is 9.51. The highest BCUT2D eigenvalue weighted by molar-refractivity contribution is 5.77. The molecule has 1 fully saturated rings. The molecule has 136 valence electrons. The number of aromatic nitrogens is 2. The Hall–Kier alpha value is -2.20. The van der Waals surface area contributed by atoms with Gasteiger partial charge in [-0.2, -0.15) is 0 Å². The molecule has 0 bridgehead atoms. The summed E-state index contributed by atoms with van der Waals surface area (Å²) in [6, 6.07) is 13.2. The van der Waals surface area contributed by atoms with Crippen molar-refractivity contribution in [3.8, 4) is 0 Å². The molecule has 26 heavy (non-hydrogen) atoms. The number of nitrogens with zero attached hydrogens (tertiary/aromatic N) is 3. The highest BCUT2D eigenvalue weighted by atomic mass is 19.1. The van der Waals surface area contributed by atoms with Gasteiger partial charge in [-0.25, -0.2) is 9.37 Å². The lowest BCUT2D eigenvalue weighted by Crippen LogP contribution is -2.33. The van der Waals surface area contributed by atoms with Gasteiger partial charge in [0.1, 0.15) is 11.6 Å². The lowest BCUT2D eigenvalue weighted by Gasteiger charge is -2.30. The van der Waals surface area contributed by atoms with Crippen LogP contribution >= 0.6 is 0 Å². The second-order valence-electron chi connectivity index (χ2n) is 7.69. The van der Waals surface area contributed by atoms with E-state index in [1.54, 1.807) is 0 Å². The number of fused-ring (bicyclic) bond motifs is 1. The van der Waals surface area contributed by atoms with Gasteiger partial charge in [-0.05, 0) is 74.2 Å². The normalized spacial score (nSPS) is 16.4. The molecule has 3 nitrogen and oxygen atoms in total. The van der Waals surface area contributed by atoms with Crippen LogP contribution in [0, 0.1) is 18.7 Å². The van der Waals surface area contributed by atoms with E-state index < -0.39 is 0 Å². The van der Waals surface area contributed by atoms with Crippen molar-refractivity contribution in [2.75, 3.05) is 13.1 Å². The summed E-state index contributed by atoms with van der Waals surface area (Å²) in [5.41, 5.74) is 4.53. The summed E-state index contributed by atoms with van der Waals surface area (Å²) in [6.45, 7) is 8.33. The quantitative estimate of drug-likeness (QED) is 0.675. The lowest BCUT2D eigenvalue weighted by molar-refractivity contribution is 0.180. The first kappa shape index (κ1) is 17.2. The highest BCUT2D eigenvalue weighted by Gasteiger charge is 2.19. The van der Waals surface area contributed by atoms with Crippen LogP contribution in [0.3, 0.4) is 0 Å². The average Bonchev–Trinajstić information content (AvgIpc) is 2.95. The van der Waals surface area contributed by atoms with Crippen LogP contribution in [-0.2, 0) is 13.1 Å². The third kappa shape index (κ3) is 3.65. The van der Waals surface area contributed by atoms with Crippen molar-refractivity contribution in [1.82, 2.24) is 14.5 Å². The first-order chi connectivity index (χ1) is 12.6. The molecule has 0 N–H and O–H groups in total. The largest absolute Gasteiger partial charge is 0.322 e. The summed E-state index contributed by atoms with van der Waals surface area (Å²) in [7, 11) is 0. The smallest absolute Gasteiger partial charge is 0.124 e. The van der Waals surface area contributed by atoms with E-state index in [4.69, 9.17) is 4.98 Å². The summed E-state index contributed by atoms with van der Waals surface area (Å²) in [5.74, 6) is 1.74. The Labute approximate surface area is 154 Å². The molecule has 0 spiro atoms. The second kappa shape index (κ2) is 7.20. The van der Waals surface area contributed by atoms with Gasteiger partial charge in [-0.15, -0.1) is 0 Å². The number of imidazole rings is 1. The standard InChI is InChI=1S/C22H26FN3/c1-16-9-11-25(12-10-16)15-22-24-20-8-3-17(2)13-21(20)26(22)14-18-4-6-19(23)7-5-18/h3-8,13,16H,9-12,14-15H2,1-2H3. The Morgan fingerprint density at radius 2 is 1.77 bits per heavy atom. The van der Waals surface area contributed by atoms with Gasteiger partial charge in [-0.1, -0.05) is 25.1 Å². The minimum absolute atomic E-state index is 0.192. The van der Waals surface area contributed by atoms with E-state index in [2.05, 4.69) is 41.5 Å². The Morgan fingerprint density at radius 3 is 2.50 bits per heavy atom. The molecule has 0 radical (unpaired) electrons. The molecule has 0 amide bonds. The zero-order valence-corrected chi connectivity index (χ0v) is 15.6. The lowest BCUT2D eigenvalue weighted by atomic mass is 9.99. The maximum absolute atomic E-state index is 13.3. The molecule has 0 saturated carbocycles. The highest BCUT2D eigenvalue weighted by Crippen LogP contribution is 2.23. The Kier molecular flexibility index (Phi) is 4.77. The van der Waals surface area contributed by atoms with E-state index in [1.165, 1.54) is 30.5 Å². The second-order valence-corrected chi connectivity index (χ2v) is 7.69. The van der Waals surface area contributed by atoms with Crippen molar-refractivity contribution in [2.45, 2.75) is 39.8 Å². The van der Waals surface area contributed by atoms with Gasteiger partial charge < -0.3 is 4.57 Å². The average molecular weight is 351 g/mol. The molecule has 2 aromatic carbocycles. The van der Waals surface area contributed by atoms with E-state index >= 15 is 0 Å². The number of halogens is 1.